The summed E-state index contributed by atoms with van der Waals surface area (Å²) in [7, 11) is 0. The maximum absolute atomic E-state index is 12.4. The summed E-state index contributed by atoms with van der Waals surface area (Å²) in [5.41, 5.74) is 1.62. The Morgan fingerprint density at radius 1 is 1.16 bits per heavy atom. The molecule has 2 N–H and O–H groups in total. The number of para-hydroxylation sites is 1. The highest BCUT2D eigenvalue weighted by molar-refractivity contribution is 6.03. The Bertz CT molecular complexity index is 1040. The van der Waals surface area contributed by atoms with E-state index in [4.69, 9.17) is 9.26 Å². The molecule has 8 heteroatoms. The summed E-state index contributed by atoms with van der Waals surface area (Å²) in [6.45, 7) is 6.43. The summed E-state index contributed by atoms with van der Waals surface area (Å²) < 4.78 is 10.7. The lowest BCUT2D eigenvalue weighted by molar-refractivity contribution is -0.116. The molecular formula is C23H24N4O4. The van der Waals surface area contributed by atoms with Crippen LogP contribution in [0.4, 0.5) is 5.69 Å². The number of benzene rings is 2. The molecule has 0 saturated heterocycles. The van der Waals surface area contributed by atoms with Gasteiger partial charge < -0.3 is 19.9 Å². The minimum Gasteiger partial charge on any atom is -0.494 e. The van der Waals surface area contributed by atoms with Crippen molar-refractivity contribution in [2.24, 2.45) is 0 Å². The number of anilines is 1. The molecule has 8 nitrogen and oxygen atoms in total. The highest BCUT2D eigenvalue weighted by Gasteiger charge is 2.14. The summed E-state index contributed by atoms with van der Waals surface area (Å²) in [5, 5.41) is 9.44. The minimum absolute atomic E-state index is 0.132. The van der Waals surface area contributed by atoms with Gasteiger partial charge in [-0.05, 0) is 43.3 Å². The lowest BCUT2D eigenvalue weighted by Crippen LogP contribution is -2.25. The van der Waals surface area contributed by atoms with Crippen molar-refractivity contribution >= 4 is 17.5 Å². The van der Waals surface area contributed by atoms with Crippen LogP contribution in [0.1, 0.15) is 29.6 Å². The molecule has 0 unspecified atom stereocenters. The van der Waals surface area contributed by atoms with Crippen LogP contribution >= 0.6 is 0 Å². The normalized spacial score (nSPS) is 10.4. The monoisotopic (exact) mass is 420 g/mol. The Hall–Kier alpha value is -3.94. The van der Waals surface area contributed by atoms with E-state index in [0.717, 1.165) is 11.3 Å². The first-order valence-electron chi connectivity index (χ1n) is 9.94. The van der Waals surface area contributed by atoms with Crippen molar-refractivity contribution in [1.29, 1.82) is 0 Å². The van der Waals surface area contributed by atoms with Crippen molar-refractivity contribution in [3.8, 4) is 17.1 Å². The molecule has 0 aliphatic rings. The standard InChI is InChI=1S/C23H24N4O4/c1-3-15-24-23(29)18-7-5-6-8-19(18)25-20(28)13-14-21-26-22(27-31-21)16-9-11-17(12-10-16)30-4-2/h3,5-12H,1,4,13-15H2,2H3,(H,24,29)(H,25,28). The number of nitrogens with zero attached hydrogens (tertiary/aromatic N) is 2. The fourth-order valence-electron chi connectivity index (χ4n) is 2.82. The second-order valence-corrected chi connectivity index (χ2v) is 6.56. The van der Waals surface area contributed by atoms with Crippen LogP contribution in [0, 0.1) is 0 Å². The van der Waals surface area contributed by atoms with Crippen LogP contribution in [0.5, 0.6) is 5.75 Å². The predicted molar refractivity (Wildman–Crippen MR) is 117 cm³/mol. The fraction of sp³-hybridized carbons (Fsp3) is 0.217. The largest absolute Gasteiger partial charge is 0.494 e. The first kappa shape index (κ1) is 21.8. The molecule has 0 fully saturated rings. The smallest absolute Gasteiger partial charge is 0.253 e. The van der Waals surface area contributed by atoms with Crippen molar-refractivity contribution in [3.05, 3.63) is 72.6 Å². The summed E-state index contributed by atoms with van der Waals surface area (Å²) in [6, 6.07) is 14.2. The molecule has 0 aliphatic carbocycles. The van der Waals surface area contributed by atoms with Gasteiger partial charge in [-0.15, -0.1) is 6.58 Å². The minimum atomic E-state index is -0.285. The van der Waals surface area contributed by atoms with Gasteiger partial charge in [0.25, 0.3) is 5.91 Å². The van der Waals surface area contributed by atoms with Gasteiger partial charge in [-0.2, -0.15) is 4.98 Å². The summed E-state index contributed by atoms with van der Waals surface area (Å²) >= 11 is 0. The van der Waals surface area contributed by atoms with Crippen LogP contribution in [0.2, 0.25) is 0 Å². The Labute approximate surface area is 180 Å². The van der Waals surface area contributed by atoms with Crippen molar-refractivity contribution in [3.63, 3.8) is 0 Å². The van der Waals surface area contributed by atoms with E-state index in [1.165, 1.54) is 0 Å². The number of ether oxygens (including phenoxy) is 1. The molecule has 3 aromatic rings. The third-order valence-electron chi connectivity index (χ3n) is 4.31. The van der Waals surface area contributed by atoms with Crippen LogP contribution in [0.15, 0.2) is 65.7 Å². The molecule has 1 aromatic heterocycles. The molecule has 1 heterocycles. The lowest BCUT2D eigenvalue weighted by Gasteiger charge is -2.10. The molecule has 0 spiro atoms. The van der Waals surface area contributed by atoms with E-state index in [0.29, 0.717) is 36.1 Å². The fourth-order valence-corrected chi connectivity index (χ4v) is 2.82. The van der Waals surface area contributed by atoms with E-state index in [1.807, 2.05) is 31.2 Å². The van der Waals surface area contributed by atoms with E-state index >= 15 is 0 Å². The zero-order valence-corrected chi connectivity index (χ0v) is 17.3. The molecular weight excluding hydrogens is 396 g/mol. The topological polar surface area (TPSA) is 106 Å². The number of aryl methyl sites for hydroxylation is 1. The first-order chi connectivity index (χ1) is 15.1. The average molecular weight is 420 g/mol. The van der Waals surface area contributed by atoms with Crippen LogP contribution in [-0.4, -0.2) is 35.1 Å². The van der Waals surface area contributed by atoms with E-state index < -0.39 is 0 Å². The number of amides is 2. The quantitative estimate of drug-likeness (QED) is 0.485. The Morgan fingerprint density at radius 3 is 2.68 bits per heavy atom. The lowest BCUT2D eigenvalue weighted by atomic mass is 10.1. The molecule has 0 bridgehead atoms. The van der Waals surface area contributed by atoms with Crippen molar-refractivity contribution < 1.29 is 18.8 Å². The molecule has 0 radical (unpaired) electrons. The van der Waals surface area contributed by atoms with Gasteiger partial charge >= 0.3 is 0 Å². The maximum atomic E-state index is 12.4. The number of carbonyl (C=O) groups excluding carboxylic acids is 2. The maximum Gasteiger partial charge on any atom is 0.253 e. The number of hydrogen-bond acceptors (Lipinski definition) is 6. The molecule has 160 valence electrons. The van der Waals surface area contributed by atoms with Crippen LogP contribution < -0.4 is 15.4 Å². The van der Waals surface area contributed by atoms with Crippen LogP contribution in [0.3, 0.4) is 0 Å². The molecule has 2 aromatic carbocycles. The molecule has 0 saturated carbocycles. The van der Waals surface area contributed by atoms with Crippen molar-refractivity contribution in [2.45, 2.75) is 19.8 Å². The number of nitrogens with one attached hydrogen (secondary N) is 2. The van der Waals surface area contributed by atoms with E-state index in [1.54, 1.807) is 30.3 Å². The van der Waals surface area contributed by atoms with Gasteiger partial charge in [-0.1, -0.05) is 23.4 Å². The van der Waals surface area contributed by atoms with E-state index in [-0.39, 0.29) is 24.7 Å². The summed E-state index contributed by atoms with van der Waals surface area (Å²) in [6.07, 6.45) is 2.00. The summed E-state index contributed by atoms with van der Waals surface area (Å²) in [5.74, 6) is 1.03. The van der Waals surface area contributed by atoms with Gasteiger partial charge in [0.1, 0.15) is 5.75 Å². The van der Waals surface area contributed by atoms with Gasteiger partial charge in [-0.25, -0.2) is 0 Å². The SMILES string of the molecule is C=CCNC(=O)c1ccccc1NC(=O)CCc1nc(-c2ccc(OCC)cc2)no1. The third kappa shape index (κ3) is 6.02. The average Bonchev–Trinajstić information content (AvgIpc) is 3.26. The highest BCUT2D eigenvalue weighted by Crippen LogP contribution is 2.20. The molecule has 2 amide bonds. The van der Waals surface area contributed by atoms with Crippen molar-refractivity contribution in [1.82, 2.24) is 15.5 Å². The summed E-state index contributed by atoms with van der Waals surface area (Å²) in [4.78, 5) is 29.0. The number of carbonyl (C=O) groups is 2. The van der Waals surface area contributed by atoms with Gasteiger partial charge in [0.05, 0.1) is 17.9 Å². The number of aromatic nitrogens is 2. The Balaban J connectivity index is 1.57. The predicted octanol–water partition coefficient (Wildman–Crippen LogP) is 3.62. The molecule has 31 heavy (non-hydrogen) atoms. The van der Waals surface area contributed by atoms with E-state index in [9.17, 15) is 9.59 Å². The van der Waals surface area contributed by atoms with Gasteiger partial charge in [0, 0.05) is 24.9 Å². The number of hydrogen-bond donors (Lipinski definition) is 2. The second-order valence-electron chi connectivity index (χ2n) is 6.56. The first-order valence-corrected chi connectivity index (χ1v) is 9.94. The zero-order chi connectivity index (χ0) is 22.1. The molecule has 0 aliphatic heterocycles. The molecule has 3 rings (SSSR count). The highest BCUT2D eigenvalue weighted by atomic mass is 16.5. The molecule has 0 atom stereocenters. The van der Waals surface area contributed by atoms with E-state index in [2.05, 4.69) is 27.4 Å². The Kier molecular flexibility index (Phi) is 7.53. The van der Waals surface area contributed by atoms with Gasteiger partial charge in [0.15, 0.2) is 0 Å². The number of rotatable bonds is 10. The third-order valence-corrected chi connectivity index (χ3v) is 4.31. The Morgan fingerprint density at radius 2 is 1.94 bits per heavy atom. The zero-order valence-electron chi connectivity index (χ0n) is 17.3. The van der Waals surface area contributed by atoms with Crippen LogP contribution in [0.25, 0.3) is 11.4 Å². The van der Waals surface area contributed by atoms with Crippen molar-refractivity contribution in [2.75, 3.05) is 18.5 Å². The van der Waals surface area contributed by atoms with Gasteiger partial charge in [-0.3, -0.25) is 9.59 Å². The van der Waals surface area contributed by atoms with Gasteiger partial charge in [0.2, 0.25) is 17.6 Å². The second kappa shape index (κ2) is 10.7. The van der Waals surface area contributed by atoms with Crippen LogP contribution in [-0.2, 0) is 11.2 Å².